The molecule has 4 heteroatoms. The molecule has 0 aliphatic heterocycles. The van der Waals surface area contributed by atoms with Crippen LogP contribution in [-0.2, 0) is 4.79 Å². The minimum absolute atomic E-state index is 0.0521. The Balaban J connectivity index is 2.39. The highest BCUT2D eigenvalue weighted by molar-refractivity contribution is 5.92. The summed E-state index contributed by atoms with van der Waals surface area (Å²) in [6.07, 6.45) is 5.40. The van der Waals surface area contributed by atoms with E-state index in [4.69, 9.17) is 10.8 Å². The van der Waals surface area contributed by atoms with Gasteiger partial charge >= 0.3 is 0 Å². The molecule has 1 heterocycles. The Kier molecular flexibility index (Phi) is 3.12. The van der Waals surface area contributed by atoms with Gasteiger partial charge in [-0.3, -0.25) is 4.79 Å². The van der Waals surface area contributed by atoms with Gasteiger partial charge in [0.1, 0.15) is 11.9 Å². The van der Waals surface area contributed by atoms with Gasteiger partial charge in [0.25, 0.3) is 5.91 Å². The molecule has 0 bridgehead atoms. The molecule has 0 saturated carbocycles. The second kappa shape index (κ2) is 4.33. The normalized spacial score (nSPS) is 11.7. The molecule has 0 aromatic carbocycles. The van der Waals surface area contributed by atoms with E-state index in [-0.39, 0.29) is 6.54 Å². The highest BCUT2D eigenvalue weighted by atomic mass is 16.4. The summed E-state index contributed by atoms with van der Waals surface area (Å²) in [6, 6.07) is 3.27. The topological polar surface area (TPSA) is 62.5 Å². The molecule has 1 unspecified atom stereocenters. The van der Waals surface area contributed by atoms with Gasteiger partial charge < -0.3 is 14.8 Å². The minimum Gasteiger partial charge on any atom is -0.467 e. The van der Waals surface area contributed by atoms with E-state index in [2.05, 4.69) is 5.32 Å². The molecular weight excluding hydrogens is 170 g/mol. The van der Waals surface area contributed by atoms with E-state index < -0.39 is 12.0 Å². The van der Waals surface area contributed by atoms with Crippen molar-refractivity contribution in [3.05, 3.63) is 24.2 Å². The second-order valence-corrected chi connectivity index (χ2v) is 2.39. The van der Waals surface area contributed by atoms with E-state index in [1.165, 1.54) is 6.26 Å². The van der Waals surface area contributed by atoms with Crippen LogP contribution in [0.3, 0.4) is 0 Å². The third-order valence-corrected chi connectivity index (χ3v) is 1.46. The molecule has 0 spiro atoms. The lowest BCUT2D eigenvalue weighted by molar-refractivity contribution is -0.116. The van der Waals surface area contributed by atoms with Crippen LogP contribution in [0.25, 0.3) is 0 Å². The van der Waals surface area contributed by atoms with Crippen molar-refractivity contribution in [3.63, 3.8) is 0 Å². The highest BCUT2D eigenvalue weighted by Crippen LogP contribution is 2.11. The number of furan rings is 1. The largest absolute Gasteiger partial charge is 0.467 e. The average molecular weight is 179 g/mol. The third-order valence-electron chi connectivity index (χ3n) is 1.46. The number of hydrogen-bond donors (Lipinski definition) is 2. The van der Waals surface area contributed by atoms with Gasteiger partial charge in [0, 0.05) is 0 Å². The molecule has 1 rings (SSSR count). The molecule has 4 nitrogen and oxygen atoms in total. The van der Waals surface area contributed by atoms with Gasteiger partial charge in [0.05, 0.1) is 12.8 Å². The van der Waals surface area contributed by atoms with Gasteiger partial charge in [-0.2, -0.15) is 0 Å². The minimum atomic E-state index is -0.854. The standard InChI is InChI=1S/C9H9NO3/c1-2-9(12)10-6-7(11)8-4-3-5-13-8/h1,3-5,7,11H,6H2,(H,10,12). The summed E-state index contributed by atoms with van der Waals surface area (Å²) >= 11 is 0. The molecular formula is C9H9NO3. The number of carbonyl (C=O) groups excluding carboxylic acids is 1. The van der Waals surface area contributed by atoms with Crippen molar-refractivity contribution in [2.24, 2.45) is 0 Å². The number of carbonyl (C=O) groups is 1. The van der Waals surface area contributed by atoms with Crippen molar-refractivity contribution in [1.29, 1.82) is 0 Å². The molecule has 1 amide bonds. The summed E-state index contributed by atoms with van der Waals surface area (Å²) in [7, 11) is 0. The molecule has 1 aromatic rings. The molecule has 68 valence electrons. The van der Waals surface area contributed by atoms with Crippen LogP contribution in [0, 0.1) is 12.3 Å². The smallest absolute Gasteiger partial charge is 0.295 e. The van der Waals surface area contributed by atoms with Crippen molar-refractivity contribution in [2.45, 2.75) is 6.10 Å². The lowest BCUT2D eigenvalue weighted by atomic mass is 10.3. The Morgan fingerprint density at radius 3 is 3.15 bits per heavy atom. The molecule has 1 atom stereocenters. The zero-order chi connectivity index (χ0) is 9.68. The van der Waals surface area contributed by atoms with Crippen LogP contribution in [0.2, 0.25) is 0 Å². The summed E-state index contributed by atoms with van der Waals surface area (Å²) in [6.45, 7) is 0.0521. The molecule has 0 saturated heterocycles. The van der Waals surface area contributed by atoms with Crippen LogP contribution >= 0.6 is 0 Å². The first kappa shape index (κ1) is 9.36. The number of aliphatic hydroxyl groups excluding tert-OH is 1. The molecule has 13 heavy (non-hydrogen) atoms. The molecule has 2 N–H and O–H groups in total. The number of nitrogens with one attached hydrogen (secondary N) is 1. The molecule has 0 radical (unpaired) electrons. The van der Waals surface area contributed by atoms with Gasteiger partial charge in [0.15, 0.2) is 0 Å². The Bertz CT molecular complexity index is 310. The van der Waals surface area contributed by atoms with Crippen molar-refractivity contribution in [3.8, 4) is 12.3 Å². The monoisotopic (exact) mass is 179 g/mol. The van der Waals surface area contributed by atoms with Crippen LogP contribution in [-0.4, -0.2) is 17.6 Å². The zero-order valence-corrected chi connectivity index (χ0v) is 6.86. The lowest BCUT2D eigenvalue weighted by Crippen LogP contribution is -2.26. The first-order valence-corrected chi connectivity index (χ1v) is 3.70. The highest BCUT2D eigenvalue weighted by Gasteiger charge is 2.10. The average Bonchev–Trinajstić information content (AvgIpc) is 2.66. The SMILES string of the molecule is C#CC(=O)NCC(O)c1ccco1. The Morgan fingerprint density at radius 1 is 1.85 bits per heavy atom. The van der Waals surface area contributed by atoms with Crippen molar-refractivity contribution >= 4 is 5.91 Å². The summed E-state index contributed by atoms with van der Waals surface area (Å²) in [5, 5.41) is 11.7. The van der Waals surface area contributed by atoms with Crippen molar-refractivity contribution in [1.82, 2.24) is 5.32 Å². The Hall–Kier alpha value is -1.73. The number of terminal acetylenes is 1. The lowest BCUT2D eigenvalue weighted by Gasteiger charge is -2.06. The summed E-state index contributed by atoms with van der Waals surface area (Å²) in [5.41, 5.74) is 0. The van der Waals surface area contributed by atoms with Crippen LogP contribution in [0.5, 0.6) is 0 Å². The third kappa shape index (κ3) is 2.65. The van der Waals surface area contributed by atoms with E-state index in [9.17, 15) is 9.90 Å². The first-order chi connectivity index (χ1) is 6.24. The van der Waals surface area contributed by atoms with Gasteiger partial charge in [-0.25, -0.2) is 0 Å². The van der Waals surface area contributed by atoms with Crippen LogP contribution in [0.4, 0.5) is 0 Å². The van der Waals surface area contributed by atoms with Gasteiger partial charge in [-0.15, -0.1) is 6.42 Å². The molecule has 0 aliphatic rings. The van der Waals surface area contributed by atoms with E-state index in [1.54, 1.807) is 12.1 Å². The number of aliphatic hydroxyl groups is 1. The van der Waals surface area contributed by atoms with Crippen molar-refractivity contribution < 1.29 is 14.3 Å². The fourth-order valence-electron chi connectivity index (χ4n) is 0.822. The van der Waals surface area contributed by atoms with Crippen LogP contribution in [0.15, 0.2) is 22.8 Å². The summed E-state index contributed by atoms with van der Waals surface area (Å²) in [5.74, 6) is 1.72. The van der Waals surface area contributed by atoms with Gasteiger partial charge in [0.2, 0.25) is 0 Å². The maximum absolute atomic E-state index is 10.6. The molecule has 0 aliphatic carbocycles. The summed E-state index contributed by atoms with van der Waals surface area (Å²) in [4.78, 5) is 10.6. The quantitative estimate of drug-likeness (QED) is 0.645. The fraction of sp³-hybridized carbons (Fsp3) is 0.222. The van der Waals surface area contributed by atoms with E-state index in [0.717, 1.165) is 0 Å². The summed E-state index contributed by atoms with van der Waals surface area (Å²) < 4.78 is 4.91. The predicted octanol–water partition coefficient (Wildman–Crippen LogP) is 0.0624. The van der Waals surface area contributed by atoms with Crippen LogP contribution < -0.4 is 5.32 Å². The maximum atomic E-state index is 10.6. The van der Waals surface area contributed by atoms with E-state index in [0.29, 0.717) is 5.76 Å². The number of hydrogen-bond acceptors (Lipinski definition) is 3. The predicted molar refractivity (Wildman–Crippen MR) is 45.5 cm³/mol. The molecule has 0 fully saturated rings. The van der Waals surface area contributed by atoms with Crippen LogP contribution in [0.1, 0.15) is 11.9 Å². The van der Waals surface area contributed by atoms with Crippen molar-refractivity contribution in [2.75, 3.05) is 6.54 Å². The second-order valence-electron chi connectivity index (χ2n) is 2.39. The first-order valence-electron chi connectivity index (χ1n) is 3.70. The number of rotatable bonds is 3. The Morgan fingerprint density at radius 2 is 2.62 bits per heavy atom. The Labute approximate surface area is 75.6 Å². The number of amides is 1. The van der Waals surface area contributed by atoms with E-state index >= 15 is 0 Å². The van der Waals surface area contributed by atoms with Gasteiger partial charge in [-0.1, -0.05) is 0 Å². The zero-order valence-electron chi connectivity index (χ0n) is 6.86. The van der Waals surface area contributed by atoms with E-state index in [1.807, 2.05) is 5.92 Å². The van der Waals surface area contributed by atoms with Gasteiger partial charge in [-0.05, 0) is 18.1 Å². The molecule has 1 aromatic heterocycles. The fourth-order valence-corrected chi connectivity index (χ4v) is 0.822. The maximum Gasteiger partial charge on any atom is 0.295 e.